The van der Waals surface area contributed by atoms with Crippen molar-refractivity contribution in [1.82, 2.24) is 0 Å². The Balaban J connectivity index is 4.63. The van der Waals surface area contributed by atoms with Gasteiger partial charge in [-0.25, -0.2) is 4.79 Å². The van der Waals surface area contributed by atoms with Crippen LogP contribution < -0.4 is 0 Å². The molecule has 0 aliphatic carbocycles. The number of carbonyl (C=O) groups excluding carboxylic acids is 1. The summed E-state index contributed by atoms with van der Waals surface area (Å²) in [6.45, 7) is 5.29. The molecule has 0 bridgehead atoms. The van der Waals surface area contributed by atoms with Gasteiger partial charge in [0.1, 0.15) is 0 Å². The van der Waals surface area contributed by atoms with Crippen molar-refractivity contribution in [3.63, 3.8) is 0 Å². The van der Waals surface area contributed by atoms with Crippen molar-refractivity contribution >= 4 is 30.0 Å². The number of carbonyl (C=O) groups is 1. The van der Waals surface area contributed by atoms with Crippen molar-refractivity contribution < 1.29 is 14.7 Å². The third kappa shape index (κ3) is 4.83. The summed E-state index contributed by atoms with van der Waals surface area (Å²) in [7, 11) is 0. The highest BCUT2D eigenvalue weighted by Gasteiger charge is 2.17. The molecule has 0 amide bonds. The number of esters is 1. The number of rotatable bonds is 5. The zero-order valence-corrected chi connectivity index (χ0v) is 9.99. The van der Waals surface area contributed by atoms with Gasteiger partial charge in [0, 0.05) is 5.75 Å². The molecule has 0 aliphatic heterocycles. The van der Waals surface area contributed by atoms with Crippen LogP contribution in [0.5, 0.6) is 0 Å². The molecule has 0 heterocycles. The summed E-state index contributed by atoms with van der Waals surface area (Å²) >= 11 is 4.01. The van der Waals surface area contributed by atoms with Crippen LogP contribution in [0.1, 0.15) is 20.8 Å². The monoisotopic (exact) mass is 232 g/mol. The standard InChI is InChI=1S/C9H16N2O3S/c1-4-14-9(12)8(5-15)10-6(2)7(3)11-13/h8,13,15H,4-5H2,1-3H3/b10-6?,11-7+/t8-/m1/s1. The largest absolute Gasteiger partial charge is 0.464 e. The van der Waals surface area contributed by atoms with Crippen LogP contribution in [0.3, 0.4) is 0 Å². The first-order valence-corrected chi connectivity index (χ1v) is 5.21. The van der Waals surface area contributed by atoms with E-state index in [1.165, 1.54) is 0 Å². The molecule has 0 radical (unpaired) electrons. The van der Waals surface area contributed by atoms with Crippen molar-refractivity contribution in [3.05, 3.63) is 0 Å². The summed E-state index contributed by atoms with van der Waals surface area (Å²) < 4.78 is 4.81. The van der Waals surface area contributed by atoms with E-state index in [1.54, 1.807) is 20.8 Å². The Kier molecular flexibility index (Phi) is 6.77. The summed E-state index contributed by atoms with van der Waals surface area (Å²) in [5.41, 5.74) is 0.857. The van der Waals surface area contributed by atoms with E-state index in [1.807, 2.05) is 0 Å². The molecule has 0 aromatic heterocycles. The molecular formula is C9H16N2O3S. The smallest absolute Gasteiger partial charge is 0.331 e. The Bertz CT molecular complexity index is 277. The summed E-state index contributed by atoms with van der Waals surface area (Å²) in [4.78, 5) is 15.4. The third-order valence-corrected chi connectivity index (χ3v) is 2.10. The van der Waals surface area contributed by atoms with Gasteiger partial charge in [0.25, 0.3) is 0 Å². The Morgan fingerprint density at radius 2 is 2.07 bits per heavy atom. The van der Waals surface area contributed by atoms with E-state index < -0.39 is 12.0 Å². The van der Waals surface area contributed by atoms with Crippen molar-refractivity contribution in [2.24, 2.45) is 10.1 Å². The second-order valence-electron chi connectivity index (χ2n) is 2.85. The molecular weight excluding hydrogens is 216 g/mol. The summed E-state index contributed by atoms with van der Waals surface area (Å²) in [6.07, 6.45) is 0. The second kappa shape index (κ2) is 7.28. The molecule has 0 aromatic rings. The molecule has 0 rings (SSSR count). The minimum absolute atomic E-state index is 0.259. The van der Waals surface area contributed by atoms with E-state index in [4.69, 9.17) is 9.94 Å². The lowest BCUT2D eigenvalue weighted by molar-refractivity contribution is -0.143. The summed E-state index contributed by atoms with van der Waals surface area (Å²) in [5, 5.41) is 11.5. The Labute approximate surface area is 94.6 Å². The SMILES string of the molecule is CCOC(=O)[C@@H](CS)N=C(C)/C(C)=N/O. The van der Waals surface area contributed by atoms with Crippen LogP contribution in [0.2, 0.25) is 0 Å². The minimum Gasteiger partial charge on any atom is -0.464 e. The van der Waals surface area contributed by atoms with Gasteiger partial charge >= 0.3 is 5.97 Å². The number of aliphatic imine (C=N–C) groups is 1. The number of ether oxygens (including phenoxy) is 1. The van der Waals surface area contributed by atoms with Crippen molar-refractivity contribution in [1.29, 1.82) is 0 Å². The van der Waals surface area contributed by atoms with Gasteiger partial charge in [-0.2, -0.15) is 12.6 Å². The Morgan fingerprint density at radius 1 is 1.47 bits per heavy atom. The maximum Gasteiger partial charge on any atom is 0.331 e. The molecule has 1 N–H and O–H groups in total. The summed E-state index contributed by atoms with van der Waals surface area (Å²) in [5.74, 6) is -0.160. The van der Waals surface area contributed by atoms with Gasteiger partial charge in [0.2, 0.25) is 0 Å². The number of hydrogen-bond donors (Lipinski definition) is 2. The number of thiol groups is 1. The Hall–Kier alpha value is -1.04. The molecule has 0 saturated carbocycles. The lowest BCUT2D eigenvalue weighted by Crippen LogP contribution is -2.25. The maximum absolute atomic E-state index is 11.3. The highest BCUT2D eigenvalue weighted by Crippen LogP contribution is 2.00. The second-order valence-corrected chi connectivity index (χ2v) is 3.22. The van der Waals surface area contributed by atoms with Crippen LogP contribution in [0.4, 0.5) is 0 Å². The number of oxime groups is 1. The first-order valence-electron chi connectivity index (χ1n) is 4.57. The molecule has 0 fully saturated rings. The zero-order valence-electron chi connectivity index (χ0n) is 9.10. The van der Waals surface area contributed by atoms with E-state index in [0.717, 1.165) is 0 Å². The lowest BCUT2D eigenvalue weighted by Gasteiger charge is -2.09. The van der Waals surface area contributed by atoms with Gasteiger partial charge in [-0.15, -0.1) is 0 Å². The molecule has 6 heteroatoms. The third-order valence-electron chi connectivity index (χ3n) is 1.75. The first kappa shape index (κ1) is 14.0. The van der Waals surface area contributed by atoms with Crippen LogP contribution in [0, 0.1) is 0 Å². The van der Waals surface area contributed by atoms with E-state index >= 15 is 0 Å². The van der Waals surface area contributed by atoms with Gasteiger partial charge in [0.05, 0.1) is 18.0 Å². The fourth-order valence-electron chi connectivity index (χ4n) is 0.806. The molecule has 15 heavy (non-hydrogen) atoms. The molecule has 1 atom stereocenters. The average molecular weight is 232 g/mol. The number of nitrogens with zero attached hydrogens (tertiary/aromatic N) is 2. The van der Waals surface area contributed by atoms with Gasteiger partial charge in [-0.3, -0.25) is 4.99 Å². The van der Waals surface area contributed by atoms with Gasteiger partial charge < -0.3 is 9.94 Å². The van der Waals surface area contributed by atoms with Crippen molar-refractivity contribution in [3.8, 4) is 0 Å². The Morgan fingerprint density at radius 3 is 2.47 bits per heavy atom. The topological polar surface area (TPSA) is 71.2 Å². The van der Waals surface area contributed by atoms with E-state index in [9.17, 15) is 4.79 Å². The van der Waals surface area contributed by atoms with Gasteiger partial charge in [-0.05, 0) is 20.8 Å². The van der Waals surface area contributed by atoms with Crippen molar-refractivity contribution in [2.75, 3.05) is 12.4 Å². The van der Waals surface area contributed by atoms with E-state index in [2.05, 4.69) is 22.8 Å². The summed E-state index contributed by atoms with van der Waals surface area (Å²) in [6, 6.07) is -0.648. The van der Waals surface area contributed by atoms with E-state index in [0.29, 0.717) is 18.0 Å². The van der Waals surface area contributed by atoms with E-state index in [-0.39, 0.29) is 5.75 Å². The molecule has 0 aliphatic rings. The van der Waals surface area contributed by atoms with Crippen LogP contribution in [-0.4, -0.2) is 41.0 Å². The molecule has 0 unspecified atom stereocenters. The van der Waals surface area contributed by atoms with Crippen LogP contribution in [-0.2, 0) is 9.53 Å². The average Bonchev–Trinajstić information content (AvgIpc) is 2.24. The van der Waals surface area contributed by atoms with Gasteiger partial charge in [0.15, 0.2) is 6.04 Å². The van der Waals surface area contributed by atoms with Gasteiger partial charge in [-0.1, -0.05) is 5.16 Å². The maximum atomic E-state index is 11.3. The zero-order chi connectivity index (χ0) is 11.8. The van der Waals surface area contributed by atoms with Crippen molar-refractivity contribution in [2.45, 2.75) is 26.8 Å². The first-order chi connectivity index (χ1) is 7.06. The minimum atomic E-state index is -0.648. The predicted molar refractivity (Wildman–Crippen MR) is 62.3 cm³/mol. The number of hydrogen-bond acceptors (Lipinski definition) is 6. The molecule has 0 spiro atoms. The van der Waals surface area contributed by atoms with Crippen LogP contribution >= 0.6 is 12.6 Å². The molecule has 0 aromatic carbocycles. The molecule has 0 saturated heterocycles. The van der Waals surface area contributed by atoms with Crippen LogP contribution in [0.25, 0.3) is 0 Å². The predicted octanol–water partition coefficient (Wildman–Crippen LogP) is 1.16. The molecule has 86 valence electrons. The quantitative estimate of drug-likeness (QED) is 0.246. The van der Waals surface area contributed by atoms with Crippen LogP contribution in [0.15, 0.2) is 10.1 Å². The highest BCUT2D eigenvalue weighted by molar-refractivity contribution is 7.80. The normalized spacial score (nSPS) is 14.9. The fourth-order valence-corrected chi connectivity index (χ4v) is 1.04. The highest BCUT2D eigenvalue weighted by atomic mass is 32.1. The fraction of sp³-hybridized carbons (Fsp3) is 0.667. The lowest BCUT2D eigenvalue weighted by atomic mass is 10.2. The molecule has 5 nitrogen and oxygen atoms in total.